The summed E-state index contributed by atoms with van der Waals surface area (Å²) < 4.78 is 4.76. The molecule has 4 heteroatoms. The van der Waals surface area contributed by atoms with Gasteiger partial charge in [-0.15, -0.1) is 0 Å². The van der Waals surface area contributed by atoms with Crippen LogP contribution in [0.3, 0.4) is 0 Å². The minimum Gasteiger partial charge on any atom is -0.364 e. The number of benzene rings is 1. The van der Waals surface area contributed by atoms with E-state index in [0.29, 0.717) is 19.5 Å². The normalized spacial score (nSPS) is 10.2. The van der Waals surface area contributed by atoms with Crippen LogP contribution in [0.5, 0.6) is 0 Å². The van der Waals surface area contributed by atoms with Crippen molar-refractivity contribution in [1.29, 1.82) is 0 Å². The van der Waals surface area contributed by atoms with Crippen molar-refractivity contribution in [3.05, 3.63) is 66.1 Å². The smallest absolute Gasteiger partial charge is 0.227 e. The number of hydrogen-bond acceptors (Lipinski definition) is 3. The van der Waals surface area contributed by atoms with Gasteiger partial charge in [-0.1, -0.05) is 47.6 Å². The second kappa shape index (κ2) is 6.70. The van der Waals surface area contributed by atoms with E-state index in [4.69, 9.17) is 4.52 Å². The molecule has 0 unspecified atom stereocenters. The molecule has 0 bridgehead atoms. The van der Waals surface area contributed by atoms with Crippen molar-refractivity contribution in [2.24, 2.45) is 0 Å². The van der Waals surface area contributed by atoms with E-state index in [9.17, 15) is 4.79 Å². The number of carbonyl (C=O) groups excluding carboxylic acids is 1. The van der Waals surface area contributed by atoms with Crippen molar-refractivity contribution in [1.82, 2.24) is 10.1 Å². The Morgan fingerprint density at radius 3 is 2.65 bits per heavy atom. The standard InChI is InChI=1S/C16H18N2O2/c1-13(2)10-18(11-14-6-4-3-5-7-14)16(19)8-15-9-17-20-12-15/h3-7,9,12H,1,8,10-11H2,2H3. The number of carbonyl (C=O) groups is 1. The van der Waals surface area contributed by atoms with Gasteiger partial charge in [0.05, 0.1) is 12.6 Å². The quantitative estimate of drug-likeness (QED) is 0.758. The van der Waals surface area contributed by atoms with E-state index < -0.39 is 0 Å². The van der Waals surface area contributed by atoms with E-state index in [1.807, 2.05) is 37.3 Å². The van der Waals surface area contributed by atoms with Crippen molar-refractivity contribution < 1.29 is 9.32 Å². The van der Waals surface area contributed by atoms with E-state index >= 15 is 0 Å². The van der Waals surface area contributed by atoms with Crippen LogP contribution in [-0.2, 0) is 17.8 Å². The molecule has 0 aliphatic carbocycles. The molecule has 0 saturated heterocycles. The monoisotopic (exact) mass is 270 g/mol. The summed E-state index contributed by atoms with van der Waals surface area (Å²) in [5, 5.41) is 3.62. The van der Waals surface area contributed by atoms with Crippen LogP contribution in [0.2, 0.25) is 0 Å². The largest absolute Gasteiger partial charge is 0.364 e. The molecule has 20 heavy (non-hydrogen) atoms. The lowest BCUT2D eigenvalue weighted by Gasteiger charge is -2.22. The van der Waals surface area contributed by atoms with Crippen LogP contribution in [0, 0.1) is 0 Å². The first-order valence-corrected chi connectivity index (χ1v) is 6.49. The number of aromatic nitrogens is 1. The van der Waals surface area contributed by atoms with Crippen LogP contribution in [0.4, 0.5) is 0 Å². The zero-order valence-electron chi connectivity index (χ0n) is 11.6. The Morgan fingerprint density at radius 1 is 1.30 bits per heavy atom. The maximum Gasteiger partial charge on any atom is 0.227 e. The van der Waals surface area contributed by atoms with Gasteiger partial charge >= 0.3 is 0 Å². The topological polar surface area (TPSA) is 46.3 Å². The minimum atomic E-state index is 0.0417. The zero-order chi connectivity index (χ0) is 14.4. The fourth-order valence-electron chi connectivity index (χ4n) is 1.96. The molecule has 0 radical (unpaired) electrons. The lowest BCUT2D eigenvalue weighted by atomic mass is 10.1. The summed E-state index contributed by atoms with van der Waals surface area (Å²) in [5.74, 6) is 0.0417. The Hall–Kier alpha value is -2.36. The molecule has 1 aromatic heterocycles. The maximum atomic E-state index is 12.4. The molecule has 2 rings (SSSR count). The molecule has 4 nitrogen and oxygen atoms in total. The average Bonchev–Trinajstić information content (AvgIpc) is 2.91. The van der Waals surface area contributed by atoms with Gasteiger partial charge in [0, 0.05) is 18.7 Å². The summed E-state index contributed by atoms with van der Waals surface area (Å²) in [6.45, 7) is 6.95. The highest BCUT2D eigenvalue weighted by Crippen LogP contribution is 2.09. The van der Waals surface area contributed by atoms with Gasteiger partial charge < -0.3 is 9.42 Å². The van der Waals surface area contributed by atoms with E-state index in [1.165, 1.54) is 6.26 Å². The van der Waals surface area contributed by atoms with E-state index in [1.54, 1.807) is 11.1 Å². The van der Waals surface area contributed by atoms with E-state index in [2.05, 4.69) is 11.7 Å². The highest BCUT2D eigenvalue weighted by Gasteiger charge is 2.15. The van der Waals surface area contributed by atoms with Gasteiger partial charge in [-0.05, 0) is 12.5 Å². The molecule has 0 atom stereocenters. The lowest BCUT2D eigenvalue weighted by Crippen LogP contribution is -2.33. The summed E-state index contributed by atoms with van der Waals surface area (Å²) in [6.07, 6.45) is 3.36. The minimum absolute atomic E-state index is 0.0417. The molecule has 1 aromatic carbocycles. The third-order valence-corrected chi connectivity index (χ3v) is 2.87. The Kier molecular flexibility index (Phi) is 4.71. The molecule has 0 spiro atoms. The first kappa shape index (κ1) is 14.1. The van der Waals surface area contributed by atoms with Crippen LogP contribution >= 0.6 is 0 Å². The lowest BCUT2D eigenvalue weighted by molar-refractivity contribution is -0.130. The first-order chi connectivity index (χ1) is 9.65. The Balaban J connectivity index is 2.06. The van der Waals surface area contributed by atoms with Crippen molar-refractivity contribution in [3.63, 3.8) is 0 Å². The third-order valence-electron chi connectivity index (χ3n) is 2.87. The number of hydrogen-bond donors (Lipinski definition) is 0. The molecule has 1 amide bonds. The van der Waals surface area contributed by atoms with Gasteiger partial charge in [-0.25, -0.2) is 0 Å². The summed E-state index contributed by atoms with van der Waals surface area (Å²) in [4.78, 5) is 14.2. The molecule has 0 fully saturated rings. The summed E-state index contributed by atoms with van der Waals surface area (Å²) in [5.41, 5.74) is 2.85. The SMILES string of the molecule is C=C(C)CN(Cc1ccccc1)C(=O)Cc1cnoc1. The van der Waals surface area contributed by atoms with E-state index in [0.717, 1.165) is 16.7 Å². The predicted octanol–water partition coefficient (Wildman–Crippen LogP) is 2.82. The number of amides is 1. The van der Waals surface area contributed by atoms with Gasteiger partial charge in [-0.2, -0.15) is 0 Å². The van der Waals surface area contributed by atoms with Gasteiger partial charge in [0.2, 0.25) is 5.91 Å². The number of rotatable bonds is 6. The Bertz CT molecular complexity index is 561. The second-order valence-corrected chi connectivity index (χ2v) is 4.90. The van der Waals surface area contributed by atoms with Crippen molar-refractivity contribution in [2.45, 2.75) is 19.9 Å². The predicted molar refractivity (Wildman–Crippen MR) is 76.9 cm³/mol. The molecule has 0 aliphatic rings. The number of nitrogens with zero attached hydrogens (tertiary/aromatic N) is 2. The highest BCUT2D eigenvalue weighted by molar-refractivity contribution is 5.78. The van der Waals surface area contributed by atoms with Crippen molar-refractivity contribution in [2.75, 3.05) is 6.54 Å². The Morgan fingerprint density at radius 2 is 2.05 bits per heavy atom. The molecule has 2 aromatic rings. The molecular formula is C16H18N2O2. The fourth-order valence-corrected chi connectivity index (χ4v) is 1.96. The summed E-state index contributed by atoms with van der Waals surface area (Å²) in [6, 6.07) is 9.93. The highest BCUT2D eigenvalue weighted by atomic mass is 16.5. The van der Waals surface area contributed by atoms with Crippen molar-refractivity contribution in [3.8, 4) is 0 Å². The summed E-state index contributed by atoms with van der Waals surface area (Å²) >= 11 is 0. The van der Waals surface area contributed by atoms with Crippen LogP contribution < -0.4 is 0 Å². The summed E-state index contributed by atoms with van der Waals surface area (Å²) in [7, 11) is 0. The average molecular weight is 270 g/mol. The first-order valence-electron chi connectivity index (χ1n) is 6.49. The van der Waals surface area contributed by atoms with Gasteiger partial charge in [-0.3, -0.25) is 4.79 Å². The van der Waals surface area contributed by atoms with Gasteiger partial charge in [0.15, 0.2) is 0 Å². The Labute approximate surface area is 118 Å². The maximum absolute atomic E-state index is 12.4. The molecule has 104 valence electrons. The fraction of sp³-hybridized carbons (Fsp3) is 0.250. The molecular weight excluding hydrogens is 252 g/mol. The van der Waals surface area contributed by atoms with Gasteiger partial charge in [0.1, 0.15) is 6.26 Å². The van der Waals surface area contributed by atoms with Crippen LogP contribution in [0.25, 0.3) is 0 Å². The second-order valence-electron chi connectivity index (χ2n) is 4.90. The van der Waals surface area contributed by atoms with Crippen molar-refractivity contribution >= 4 is 5.91 Å². The van der Waals surface area contributed by atoms with Crippen LogP contribution in [0.15, 0.2) is 59.5 Å². The van der Waals surface area contributed by atoms with Crippen LogP contribution in [0.1, 0.15) is 18.1 Å². The van der Waals surface area contributed by atoms with Crippen LogP contribution in [-0.4, -0.2) is 22.5 Å². The zero-order valence-corrected chi connectivity index (χ0v) is 11.6. The molecule has 0 saturated carbocycles. The van der Waals surface area contributed by atoms with E-state index in [-0.39, 0.29) is 5.91 Å². The third kappa shape index (κ3) is 4.09. The van der Waals surface area contributed by atoms with Gasteiger partial charge in [0.25, 0.3) is 0 Å². The molecule has 0 N–H and O–H groups in total. The molecule has 1 heterocycles. The molecule has 0 aliphatic heterocycles.